The van der Waals surface area contributed by atoms with E-state index in [2.05, 4.69) is 17.0 Å². The average Bonchev–Trinajstić information content (AvgIpc) is 2.46. The van der Waals surface area contributed by atoms with Crippen molar-refractivity contribution in [3.63, 3.8) is 0 Å². The van der Waals surface area contributed by atoms with Crippen LogP contribution in [0.4, 0.5) is 10.1 Å². The van der Waals surface area contributed by atoms with E-state index in [-0.39, 0.29) is 18.0 Å². The molecule has 1 aliphatic rings. The standard InChI is InChI=1S/C14H20FN3O2/c1-3-11-8-20-9(2)7-18(11)13-5-4-10(15)6-12(13)14(16)17-19/h4-6,9,11,19H,3,7-8H2,1-2H3,(H2,16,17). The van der Waals surface area contributed by atoms with E-state index in [9.17, 15) is 4.39 Å². The normalized spacial score (nSPS) is 23.9. The molecule has 5 nitrogen and oxygen atoms in total. The second-order valence-corrected chi connectivity index (χ2v) is 5.01. The zero-order chi connectivity index (χ0) is 14.7. The summed E-state index contributed by atoms with van der Waals surface area (Å²) in [6.07, 6.45) is 0.989. The molecule has 1 aromatic rings. The first kappa shape index (κ1) is 14.6. The van der Waals surface area contributed by atoms with Crippen molar-refractivity contribution < 1.29 is 14.3 Å². The van der Waals surface area contributed by atoms with Gasteiger partial charge in [0, 0.05) is 17.8 Å². The summed E-state index contributed by atoms with van der Waals surface area (Å²) in [7, 11) is 0. The highest BCUT2D eigenvalue weighted by Crippen LogP contribution is 2.27. The highest BCUT2D eigenvalue weighted by molar-refractivity contribution is 6.02. The van der Waals surface area contributed by atoms with Crippen LogP contribution in [0, 0.1) is 5.82 Å². The predicted octanol–water partition coefficient (Wildman–Crippen LogP) is 1.92. The number of nitrogens with two attached hydrogens (primary N) is 1. The van der Waals surface area contributed by atoms with Crippen LogP contribution in [0.5, 0.6) is 0 Å². The Kier molecular flexibility index (Phi) is 4.44. The fourth-order valence-electron chi connectivity index (χ4n) is 2.50. The molecule has 3 N–H and O–H groups in total. The molecule has 1 aliphatic heterocycles. The summed E-state index contributed by atoms with van der Waals surface area (Å²) < 4.78 is 19.1. The number of hydrogen-bond donors (Lipinski definition) is 2. The third-order valence-corrected chi connectivity index (χ3v) is 3.59. The molecule has 0 aliphatic carbocycles. The van der Waals surface area contributed by atoms with E-state index in [1.807, 2.05) is 6.92 Å². The molecule has 6 heteroatoms. The molecule has 0 radical (unpaired) electrons. The number of morpholine rings is 1. The minimum Gasteiger partial charge on any atom is -0.409 e. The van der Waals surface area contributed by atoms with Crippen molar-refractivity contribution in [3.8, 4) is 0 Å². The molecule has 0 spiro atoms. The lowest BCUT2D eigenvalue weighted by Gasteiger charge is -2.40. The number of amidine groups is 1. The molecule has 0 bridgehead atoms. The third kappa shape index (κ3) is 2.85. The van der Waals surface area contributed by atoms with Crippen molar-refractivity contribution in [1.29, 1.82) is 0 Å². The maximum Gasteiger partial charge on any atom is 0.172 e. The lowest BCUT2D eigenvalue weighted by atomic mass is 10.1. The van der Waals surface area contributed by atoms with E-state index in [0.717, 1.165) is 12.1 Å². The number of oxime groups is 1. The van der Waals surface area contributed by atoms with Gasteiger partial charge in [-0.2, -0.15) is 0 Å². The molecule has 2 rings (SSSR count). The maximum absolute atomic E-state index is 13.4. The molecule has 0 aromatic heterocycles. The number of hydrogen-bond acceptors (Lipinski definition) is 4. The van der Waals surface area contributed by atoms with Gasteiger partial charge in [-0.3, -0.25) is 0 Å². The number of nitrogens with zero attached hydrogens (tertiary/aromatic N) is 2. The maximum atomic E-state index is 13.4. The van der Waals surface area contributed by atoms with Crippen LogP contribution >= 0.6 is 0 Å². The molecule has 1 fully saturated rings. The molecule has 20 heavy (non-hydrogen) atoms. The lowest BCUT2D eigenvalue weighted by molar-refractivity contribution is 0.0299. The van der Waals surface area contributed by atoms with Gasteiger partial charge in [0.25, 0.3) is 0 Å². The number of benzene rings is 1. The predicted molar refractivity (Wildman–Crippen MR) is 75.7 cm³/mol. The van der Waals surface area contributed by atoms with Crippen LogP contribution < -0.4 is 10.6 Å². The summed E-state index contributed by atoms with van der Waals surface area (Å²) in [5.41, 5.74) is 6.84. The van der Waals surface area contributed by atoms with Crippen molar-refractivity contribution in [2.75, 3.05) is 18.1 Å². The van der Waals surface area contributed by atoms with E-state index in [1.165, 1.54) is 12.1 Å². The van der Waals surface area contributed by atoms with Gasteiger partial charge in [0.1, 0.15) is 5.82 Å². The molecular weight excluding hydrogens is 261 g/mol. The molecule has 1 aromatic carbocycles. The molecule has 110 valence electrons. The SMILES string of the molecule is CCC1COC(C)CN1c1ccc(F)cc1C(N)=NO. The molecular formula is C14H20FN3O2. The Morgan fingerprint density at radius 1 is 1.60 bits per heavy atom. The molecule has 0 amide bonds. The Morgan fingerprint density at radius 2 is 2.35 bits per heavy atom. The topological polar surface area (TPSA) is 71.1 Å². The average molecular weight is 281 g/mol. The van der Waals surface area contributed by atoms with Gasteiger partial charge >= 0.3 is 0 Å². The summed E-state index contributed by atoms with van der Waals surface area (Å²) in [4.78, 5) is 2.14. The van der Waals surface area contributed by atoms with Crippen LogP contribution in [-0.4, -0.2) is 36.3 Å². The molecule has 2 atom stereocenters. The lowest BCUT2D eigenvalue weighted by Crippen LogP contribution is -2.49. The summed E-state index contributed by atoms with van der Waals surface area (Å²) in [5, 5.41) is 11.9. The summed E-state index contributed by atoms with van der Waals surface area (Å²) in [6, 6.07) is 4.54. The fourth-order valence-corrected chi connectivity index (χ4v) is 2.50. The van der Waals surface area contributed by atoms with Gasteiger partial charge in [-0.05, 0) is 31.5 Å². The first-order valence-corrected chi connectivity index (χ1v) is 6.72. The summed E-state index contributed by atoms with van der Waals surface area (Å²) in [6.45, 7) is 5.37. The monoisotopic (exact) mass is 281 g/mol. The van der Waals surface area contributed by atoms with Gasteiger partial charge in [0.2, 0.25) is 0 Å². The van der Waals surface area contributed by atoms with Gasteiger partial charge in [-0.15, -0.1) is 0 Å². The Labute approximate surface area is 117 Å². The van der Waals surface area contributed by atoms with Crippen molar-refractivity contribution in [2.24, 2.45) is 10.9 Å². The number of rotatable bonds is 3. The Bertz CT molecular complexity index is 507. The smallest absolute Gasteiger partial charge is 0.172 e. The minimum atomic E-state index is -0.412. The van der Waals surface area contributed by atoms with Crippen LogP contribution in [0.3, 0.4) is 0 Å². The first-order valence-electron chi connectivity index (χ1n) is 6.72. The second-order valence-electron chi connectivity index (χ2n) is 5.01. The molecule has 0 saturated carbocycles. The van der Waals surface area contributed by atoms with Crippen LogP contribution in [0.25, 0.3) is 0 Å². The molecule has 1 heterocycles. The second kappa shape index (κ2) is 6.09. The van der Waals surface area contributed by atoms with Crippen LogP contribution in [0.15, 0.2) is 23.4 Å². The first-order chi connectivity index (χ1) is 9.56. The number of halogens is 1. The van der Waals surface area contributed by atoms with Crippen molar-refractivity contribution in [3.05, 3.63) is 29.6 Å². The Balaban J connectivity index is 2.44. The number of anilines is 1. The Hall–Kier alpha value is -1.82. The van der Waals surface area contributed by atoms with Crippen LogP contribution in [0.1, 0.15) is 25.8 Å². The summed E-state index contributed by atoms with van der Waals surface area (Å²) in [5.74, 6) is -0.502. The minimum absolute atomic E-state index is 0.0861. The fraction of sp³-hybridized carbons (Fsp3) is 0.500. The zero-order valence-corrected chi connectivity index (χ0v) is 11.7. The number of ether oxygens (including phenoxy) is 1. The van der Waals surface area contributed by atoms with Gasteiger partial charge in [0.15, 0.2) is 5.84 Å². The largest absolute Gasteiger partial charge is 0.409 e. The molecule has 2 unspecified atom stereocenters. The highest BCUT2D eigenvalue weighted by Gasteiger charge is 2.28. The van der Waals surface area contributed by atoms with Crippen LogP contribution in [0.2, 0.25) is 0 Å². The van der Waals surface area contributed by atoms with E-state index in [4.69, 9.17) is 15.7 Å². The quantitative estimate of drug-likeness (QED) is 0.384. The van der Waals surface area contributed by atoms with Gasteiger partial charge in [-0.1, -0.05) is 12.1 Å². The highest BCUT2D eigenvalue weighted by atomic mass is 19.1. The van der Waals surface area contributed by atoms with Crippen molar-refractivity contribution in [2.45, 2.75) is 32.4 Å². The van der Waals surface area contributed by atoms with E-state index < -0.39 is 5.82 Å². The van der Waals surface area contributed by atoms with Gasteiger partial charge in [-0.25, -0.2) is 4.39 Å². The van der Waals surface area contributed by atoms with Gasteiger partial charge in [0.05, 0.1) is 18.8 Å². The third-order valence-electron chi connectivity index (χ3n) is 3.59. The zero-order valence-electron chi connectivity index (χ0n) is 11.7. The van der Waals surface area contributed by atoms with Crippen molar-refractivity contribution in [1.82, 2.24) is 0 Å². The van der Waals surface area contributed by atoms with E-state index >= 15 is 0 Å². The van der Waals surface area contributed by atoms with Crippen LogP contribution in [-0.2, 0) is 4.74 Å². The molecule has 1 saturated heterocycles. The Morgan fingerprint density at radius 3 is 3.00 bits per heavy atom. The van der Waals surface area contributed by atoms with E-state index in [0.29, 0.717) is 18.7 Å². The summed E-state index contributed by atoms with van der Waals surface area (Å²) >= 11 is 0. The van der Waals surface area contributed by atoms with Gasteiger partial charge < -0.3 is 20.6 Å². The van der Waals surface area contributed by atoms with E-state index in [1.54, 1.807) is 6.07 Å². The van der Waals surface area contributed by atoms with Crippen molar-refractivity contribution >= 4 is 11.5 Å².